The van der Waals surface area contributed by atoms with Crippen LogP contribution < -0.4 is 10.6 Å². The molecular weight excluding hydrogens is 482 g/mol. The molecular formula is C32H38F2N2O2. The van der Waals surface area contributed by atoms with Crippen molar-refractivity contribution in [3.05, 3.63) is 119 Å². The summed E-state index contributed by atoms with van der Waals surface area (Å²) in [4.78, 5) is 13.2. The van der Waals surface area contributed by atoms with Crippen molar-refractivity contribution in [1.29, 1.82) is 0 Å². The quantitative estimate of drug-likeness (QED) is 0.172. The number of hydrogen-bond donors (Lipinski definition) is 3. The van der Waals surface area contributed by atoms with E-state index in [2.05, 4.69) is 36.3 Å². The summed E-state index contributed by atoms with van der Waals surface area (Å²) in [5.74, 6) is -1.73. The lowest BCUT2D eigenvalue weighted by Gasteiger charge is -2.25. The van der Waals surface area contributed by atoms with Gasteiger partial charge in [0.05, 0.1) is 12.1 Å². The highest BCUT2D eigenvalue weighted by molar-refractivity contribution is 5.94. The molecule has 0 saturated carbocycles. The monoisotopic (exact) mass is 520 g/mol. The number of unbranched alkanes of at least 4 members (excludes halogenated alkanes) is 2. The SMILES string of the molecule is C=CCCCCc1cccc(C(=O)NC(Cc2cc(F)cc(F)c2)C(O)CNCc2cccc(CC)c2)c1. The average molecular weight is 521 g/mol. The molecule has 2 atom stereocenters. The molecule has 0 saturated heterocycles. The molecule has 0 aliphatic heterocycles. The second-order valence-electron chi connectivity index (χ2n) is 9.67. The zero-order chi connectivity index (χ0) is 27.3. The molecule has 0 aliphatic carbocycles. The van der Waals surface area contributed by atoms with Crippen LogP contribution in [0, 0.1) is 11.6 Å². The van der Waals surface area contributed by atoms with Crippen LogP contribution in [-0.2, 0) is 25.8 Å². The number of nitrogens with one attached hydrogen (secondary N) is 2. The van der Waals surface area contributed by atoms with E-state index >= 15 is 0 Å². The van der Waals surface area contributed by atoms with Crippen LogP contribution in [0.3, 0.4) is 0 Å². The van der Waals surface area contributed by atoms with Crippen LogP contribution in [0.5, 0.6) is 0 Å². The van der Waals surface area contributed by atoms with Crippen molar-refractivity contribution in [1.82, 2.24) is 10.6 Å². The normalized spacial score (nSPS) is 12.6. The van der Waals surface area contributed by atoms with Crippen molar-refractivity contribution in [2.24, 2.45) is 0 Å². The van der Waals surface area contributed by atoms with Crippen LogP contribution in [0.25, 0.3) is 0 Å². The van der Waals surface area contributed by atoms with E-state index in [4.69, 9.17) is 0 Å². The van der Waals surface area contributed by atoms with Gasteiger partial charge in [-0.15, -0.1) is 6.58 Å². The molecule has 0 bridgehead atoms. The highest BCUT2D eigenvalue weighted by Gasteiger charge is 2.23. The van der Waals surface area contributed by atoms with E-state index in [1.54, 1.807) is 6.07 Å². The van der Waals surface area contributed by atoms with Gasteiger partial charge in [0.1, 0.15) is 11.6 Å². The van der Waals surface area contributed by atoms with Crippen molar-refractivity contribution in [2.45, 2.75) is 64.1 Å². The second-order valence-corrected chi connectivity index (χ2v) is 9.67. The minimum Gasteiger partial charge on any atom is -0.390 e. The Kier molecular flexibility index (Phi) is 11.7. The lowest BCUT2D eigenvalue weighted by atomic mass is 9.99. The first-order valence-electron chi connectivity index (χ1n) is 13.3. The van der Waals surface area contributed by atoms with E-state index in [0.717, 1.165) is 49.3 Å². The number of allylic oxidation sites excluding steroid dienone is 1. The average Bonchev–Trinajstić information content (AvgIpc) is 2.90. The molecule has 0 aromatic heterocycles. The third kappa shape index (κ3) is 9.51. The Morgan fingerprint density at radius 3 is 2.39 bits per heavy atom. The van der Waals surface area contributed by atoms with Crippen molar-refractivity contribution >= 4 is 5.91 Å². The Morgan fingerprint density at radius 2 is 1.66 bits per heavy atom. The van der Waals surface area contributed by atoms with Crippen LogP contribution in [0.15, 0.2) is 79.4 Å². The minimum atomic E-state index is -0.985. The largest absolute Gasteiger partial charge is 0.390 e. The fraction of sp³-hybridized carbons (Fsp3) is 0.344. The van der Waals surface area contributed by atoms with Gasteiger partial charge in [-0.2, -0.15) is 0 Å². The van der Waals surface area contributed by atoms with Crippen LogP contribution in [0.1, 0.15) is 58.8 Å². The van der Waals surface area contributed by atoms with Gasteiger partial charge < -0.3 is 15.7 Å². The summed E-state index contributed by atoms with van der Waals surface area (Å²) in [5, 5.41) is 17.2. The second kappa shape index (κ2) is 15.2. The smallest absolute Gasteiger partial charge is 0.251 e. The van der Waals surface area contributed by atoms with Crippen LogP contribution in [0.2, 0.25) is 0 Å². The van der Waals surface area contributed by atoms with E-state index in [9.17, 15) is 18.7 Å². The molecule has 202 valence electrons. The van der Waals surface area contributed by atoms with Gasteiger partial charge in [-0.1, -0.05) is 49.4 Å². The first-order chi connectivity index (χ1) is 18.4. The Hall–Kier alpha value is -3.35. The standard InChI is InChI=1S/C32H38F2N2O2/c1-3-5-6-7-10-24-12-9-14-27(16-24)32(38)36-30(19-26-17-28(33)20-29(34)18-26)31(37)22-35-21-25-13-8-11-23(4-2)15-25/h3,8-9,11-18,20,30-31,35,37H,1,4-7,10,19,21-22H2,2H3,(H,36,38). The first kappa shape index (κ1) is 29.2. The topological polar surface area (TPSA) is 61.4 Å². The summed E-state index contributed by atoms with van der Waals surface area (Å²) in [6.45, 7) is 6.59. The van der Waals surface area contributed by atoms with Gasteiger partial charge in [0.15, 0.2) is 0 Å². The van der Waals surface area contributed by atoms with Crippen molar-refractivity contribution < 1.29 is 18.7 Å². The predicted molar refractivity (Wildman–Crippen MR) is 149 cm³/mol. The molecule has 0 heterocycles. The molecule has 0 aliphatic rings. The van der Waals surface area contributed by atoms with Gasteiger partial charge in [0, 0.05) is 24.7 Å². The number of halogens is 2. The van der Waals surface area contributed by atoms with Gasteiger partial charge in [0.25, 0.3) is 5.91 Å². The van der Waals surface area contributed by atoms with E-state index in [0.29, 0.717) is 17.7 Å². The van der Waals surface area contributed by atoms with E-state index in [-0.39, 0.29) is 18.9 Å². The molecule has 6 heteroatoms. The van der Waals surface area contributed by atoms with Crippen molar-refractivity contribution in [3.8, 4) is 0 Å². The number of aliphatic hydroxyl groups is 1. The summed E-state index contributed by atoms with van der Waals surface area (Å²) >= 11 is 0. The maximum atomic E-state index is 13.8. The van der Waals surface area contributed by atoms with Gasteiger partial charge in [0.2, 0.25) is 0 Å². The Labute approximate surface area is 224 Å². The van der Waals surface area contributed by atoms with Gasteiger partial charge in [-0.25, -0.2) is 8.78 Å². The number of carbonyl (C=O) groups is 1. The van der Waals surface area contributed by atoms with Crippen molar-refractivity contribution in [3.63, 3.8) is 0 Å². The molecule has 1 amide bonds. The molecule has 3 aromatic rings. The Balaban J connectivity index is 1.69. The third-order valence-electron chi connectivity index (χ3n) is 6.55. The number of rotatable bonds is 15. The first-order valence-corrected chi connectivity index (χ1v) is 13.3. The summed E-state index contributed by atoms with van der Waals surface area (Å²) in [6.07, 6.45) is 5.77. The summed E-state index contributed by atoms with van der Waals surface area (Å²) < 4.78 is 27.7. The zero-order valence-electron chi connectivity index (χ0n) is 22.1. The Bertz CT molecular complexity index is 1180. The third-order valence-corrected chi connectivity index (χ3v) is 6.55. The molecule has 0 spiro atoms. The van der Waals surface area contributed by atoms with Crippen LogP contribution in [0.4, 0.5) is 8.78 Å². The molecule has 3 N–H and O–H groups in total. The molecule has 2 unspecified atom stereocenters. The lowest BCUT2D eigenvalue weighted by molar-refractivity contribution is 0.0829. The van der Waals surface area contributed by atoms with Crippen molar-refractivity contribution in [2.75, 3.05) is 6.54 Å². The summed E-state index contributed by atoms with van der Waals surface area (Å²) in [5.41, 5.74) is 4.22. The lowest BCUT2D eigenvalue weighted by Crippen LogP contribution is -2.48. The number of benzene rings is 3. The zero-order valence-corrected chi connectivity index (χ0v) is 22.1. The fourth-order valence-electron chi connectivity index (χ4n) is 4.47. The maximum absolute atomic E-state index is 13.8. The number of carbonyl (C=O) groups excluding carboxylic acids is 1. The predicted octanol–water partition coefficient (Wildman–Crippen LogP) is 5.92. The maximum Gasteiger partial charge on any atom is 0.251 e. The highest BCUT2D eigenvalue weighted by Crippen LogP contribution is 2.14. The summed E-state index contributed by atoms with van der Waals surface area (Å²) in [6, 6.07) is 18.1. The van der Waals surface area contributed by atoms with Gasteiger partial charge in [-0.05, 0) is 85.0 Å². The number of amides is 1. The number of aryl methyl sites for hydroxylation is 2. The molecule has 3 rings (SSSR count). The minimum absolute atomic E-state index is 0.0792. The van der Waals surface area contributed by atoms with Crippen LogP contribution in [-0.4, -0.2) is 29.7 Å². The molecule has 3 aromatic carbocycles. The van der Waals surface area contributed by atoms with Crippen LogP contribution >= 0.6 is 0 Å². The molecule has 38 heavy (non-hydrogen) atoms. The van der Waals surface area contributed by atoms with Gasteiger partial charge in [-0.3, -0.25) is 4.79 Å². The van der Waals surface area contributed by atoms with Gasteiger partial charge >= 0.3 is 0 Å². The highest BCUT2D eigenvalue weighted by atomic mass is 19.1. The molecule has 0 fully saturated rings. The Morgan fingerprint density at radius 1 is 0.947 bits per heavy atom. The van der Waals surface area contributed by atoms with E-state index in [1.165, 1.54) is 17.7 Å². The van der Waals surface area contributed by atoms with E-state index in [1.807, 2.05) is 36.4 Å². The fourth-order valence-corrected chi connectivity index (χ4v) is 4.47. The molecule has 4 nitrogen and oxygen atoms in total. The summed E-state index contributed by atoms with van der Waals surface area (Å²) in [7, 11) is 0. The number of hydrogen-bond acceptors (Lipinski definition) is 3. The number of aliphatic hydroxyl groups excluding tert-OH is 1. The molecule has 0 radical (unpaired) electrons. The van der Waals surface area contributed by atoms with E-state index < -0.39 is 23.8 Å².